The smallest absolute Gasteiger partial charge is 0.315 e. The van der Waals surface area contributed by atoms with E-state index in [1.807, 2.05) is 68.4 Å². The van der Waals surface area contributed by atoms with Crippen LogP contribution in [0.1, 0.15) is 37.6 Å². The lowest BCUT2D eigenvalue weighted by Gasteiger charge is -2.18. The number of amides is 3. The zero-order valence-corrected chi connectivity index (χ0v) is 18.2. The molecule has 0 bridgehead atoms. The van der Waals surface area contributed by atoms with Crippen molar-refractivity contribution in [3.63, 3.8) is 0 Å². The van der Waals surface area contributed by atoms with Gasteiger partial charge in [-0.1, -0.05) is 42.5 Å². The van der Waals surface area contributed by atoms with Crippen molar-refractivity contribution in [2.75, 3.05) is 20.2 Å². The average molecular weight is 424 g/mol. The standard InChI is InChI=1S/C24H29N3O4/c1-4-30-20-12-8-11-19-15-21(31-23(19)20)17(2)26-24(29)25-14-13-22(28)27(3)16-18-9-6-5-7-10-18/h5-12,15,17H,4,13-14,16H2,1-3H3,(H2,25,26,29). The Kier molecular flexibility index (Phi) is 7.54. The molecule has 0 saturated heterocycles. The van der Waals surface area contributed by atoms with E-state index >= 15 is 0 Å². The van der Waals surface area contributed by atoms with Gasteiger partial charge in [0.2, 0.25) is 5.91 Å². The molecule has 7 heteroatoms. The first-order valence-electron chi connectivity index (χ1n) is 10.5. The highest BCUT2D eigenvalue weighted by molar-refractivity contribution is 5.84. The van der Waals surface area contributed by atoms with E-state index in [2.05, 4.69) is 10.6 Å². The third kappa shape index (κ3) is 6.01. The molecule has 3 aromatic rings. The molecule has 0 fully saturated rings. The van der Waals surface area contributed by atoms with Gasteiger partial charge in [-0.2, -0.15) is 0 Å². The largest absolute Gasteiger partial charge is 0.490 e. The van der Waals surface area contributed by atoms with Crippen LogP contribution in [0.25, 0.3) is 11.0 Å². The monoisotopic (exact) mass is 423 g/mol. The molecule has 3 rings (SSSR count). The molecule has 0 spiro atoms. The SMILES string of the molecule is CCOc1cccc2cc(C(C)NC(=O)NCCC(=O)N(C)Cc3ccccc3)oc12. The Morgan fingerprint density at radius 3 is 2.65 bits per heavy atom. The van der Waals surface area contributed by atoms with Crippen LogP contribution in [0.15, 0.2) is 59.0 Å². The van der Waals surface area contributed by atoms with Crippen molar-refractivity contribution >= 4 is 22.9 Å². The van der Waals surface area contributed by atoms with Crippen molar-refractivity contribution < 1.29 is 18.7 Å². The summed E-state index contributed by atoms with van der Waals surface area (Å²) in [4.78, 5) is 26.2. The maximum Gasteiger partial charge on any atom is 0.315 e. The van der Waals surface area contributed by atoms with E-state index in [-0.39, 0.29) is 30.9 Å². The number of ether oxygens (including phenoxy) is 1. The summed E-state index contributed by atoms with van der Waals surface area (Å²) in [5, 5.41) is 6.49. The summed E-state index contributed by atoms with van der Waals surface area (Å²) in [6, 6.07) is 16.7. The predicted molar refractivity (Wildman–Crippen MR) is 120 cm³/mol. The lowest BCUT2D eigenvalue weighted by atomic mass is 10.2. The second-order valence-corrected chi connectivity index (χ2v) is 7.36. The van der Waals surface area contributed by atoms with Crippen molar-refractivity contribution in [2.24, 2.45) is 0 Å². The topological polar surface area (TPSA) is 83.8 Å². The van der Waals surface area contributed by atoms with E-state index in [1.54, 1.807) is 11.9 Å². The summed E-state index contributed by atoms with van der Waals surface area (Å²) in [5.41, 5.74) is 1.73. The van der Waals surface area contributed by atoms with E-state index < -0.39 is 0 Å². The number of carbonyl (C=O) groups excluding carboxylic acids is 2. The van der Waals surface area contributed by atoms with Gasteiger partial charge in [0.1, 0.15) is 5.76 Å². The molecule has 31 heavy (non-hydrogen) atoms. The summed E-state index contributed by atoms with van der Waals surface area (Å²) in [5.74, 6) is 1.29. The quantitative estimate of drug-likeness (QED) is 0.539. The fourth-order valence-corrected chi connectivity index (χ4v) is 3.28. The van der Waals surface area contributed by atoms with Gasteiger partial charge in [-0.3, -0.25) is 4.79 Å². The highest BCUT2D eigenvalue weighted by Gasteiger charge is 2.16. The van der Waals surface area contributed by atoms with Gasteiger partial charge < -0.3 is 24.7 Å². The van der Waals surface area contributed by atoms with E-state index in [4.69, 9.17) is 9.15 Å². The summed E-state index contributed by atoms with van der Waals surface area (Å²) >= 11 is 0. The Morgan fingerprint density at radius 2 is 1.90 bits per heavy atom. The van der Waals surface area contributed by atoms with Crippen molar-refractivity contribution in [2.45, 2.75) is 32.9 Å². The highest BCUT2D eigenvalue weighted by Crippen LogP contribution is 2.31. The van der Waals surface area contributed by atoms with Crippen molar-refractivity contribution in [1.29, 1.82) is 0 Å². The number of hydrogen-bond acceptors (Lipinski definition) is 4. The van der Waals surface area contributed by atoms with Gasteiger partial charge in [0, 0.05) is 31.9 Å². The maximum absolute atomic E-state index is 12.3. The van der Waals surface area contributed by atoms with Gasteiger partial charge in [-0.05, 0) is 31.5 Å². The molecule has 1 heterocycles. The molecule has 0 aliphatic rings. The van der Waals surface area contributed by atoms with E-state index in [9.17, 15) is 9.59 Å². The molecule has 0 aliphatic carbocycles. The summed E-state index contributed by atoms with van der Waals surface area (Å²) < 4.78 is 11.5. The van der Waals surface area contributed by atoms with Gasteiger partial charge in [-0.15, -0.1) is 0 Å². The normalized spacial score (nSPS) is 11.7. The first-order chi connectivity index (χ1) is 15.0. The van der Waals surface area contributed by atoms with Gasteiger partial charge >= 0.3 is 6.03 Å². The van der Waals surface area contributed by atoms with Gasteiger partial charge in [0.15, 0.2) is 11.3 Å². The molecule has 2 aromatic carbocycles. The fourth-order valence-electron chi connectivity index (χ4n) is 3.28. The number of urea groups is 1. The Hall–Kier alpha value is -3.48. The lowest BCUT2D eigenvalue weighted by Crippen LogP contribution is -2.39. The second-order valence-electron chi connectivity index (χ2n) is 7.36. The van der Waals surface area contributed by atoms with Gasteiger partial charge in [0.05, 0.1) is 12.6 Å². The van der Waals surface area contributed by atoms with Crippen LogP contribution in [0.4, 0.5) is 4.79 Å². The molecule has 3 amide bonds. The number of furan rings is 1. The van der Waals surface area contributed by atoms with Crippen molar-refractivity contribution in [3.8, 4) is 5.75 Å². The molecule has 1 atom stereocenters. The first kappa shape index (κ1) is 22.2. The molecule has 0 saturated carbocycles. The number of rotatable bonds is 9. The van der Waals surface area contributed by atoms with Crippen LogP contribution in [-0.4, -0.2) is 37.0 Å². The first-order valence-corrected chi connectivity index (χ1v) is 10.5. The molecule has 1 aromatic heterocycles. The van der Waals surface area contributed by atoms with E-state index in [0.717, 1.165) is 10.9 Å². The van der Waals surface area contributed by atoms with Crippen LogP contribution < -0.4 is 15.4 Å². The molecule has 0 radical (unpaired) electrons. The number of nitrogens with zero attached hydrogens (tertiary/aromatic N) is 1. The zero-order chi connectivity index (χ0) is 22.2. The molecule has 164 valence electrons. The number of fused-ring (bicyclic) bond motifs is 1. The Bertz CT molecular complexity index is 1020. The summed E-state index contributed by atoms with van der Waals surface area (Å²) in [6.07, 6.45) is 0.230. The minimum absolute atomic E-state index is 0.0297. The average Bonchev–Trinajstić information content (AvgIpc) is 3.20. The second kappa shape index (κ2) is 10.5. The molecular formula is C24H29N3O4. The van der Waals surface area contributed by atoms with Crippen molar-refractivity contribution in [1.82, 2.24) is 15.5 Å². The number of hydrogen-bond donors (Lipinski definition) is 2. The Balaban J connectivity index is 1.46. The Morgan fingerprint density at radius 1 is 1.13 bits per heavy atom. The van der Waals surface area contributed by atoms with Crippen LogP contribution in [0.2, 0.25) is 0 Å². The minimum Gasteiger partial charge on any atom is -0.490 e. The summed E-state index contributed by atoms with van der Waals surface area (Å²) in [7, 11) is 1.76. The molecule has 7 nitrogen and oxygen atoms in total. The third-order valence-electron chi connectivity index (χ3n) is 4.91. The van der Waals surface area contributed by atoms with Crippen LogP contribution in [0, 0.1) is 0 Å². The fraction of sp³-hybridized carbons (Fsp3) is 0.333. The Labute approximate surface area is 182 Å². The zero-order valence-electron chi connectivity index (χ0n) is 18.2. The number of para-hydroxylation sites is 1. The highest BCUT2D eigenvalue weighted by atomic mass is 16.5. The summed E-state index contributed by atoms with van der Waals surface area (Å²) in [6.45, 7) is 5.10. The van der Waals surface area contributed by atoms with Crippen LogP contribution >= 0.6 is 0 Å². The minimum atomic E-state index is -0.350. The lowest BCUT2D eigenvalue weighted by molar-refractivity contribution is -0.130. The number of carbonyl (C=O) groups is 2. The van der Waals surface area contributed by atoms with Crippen molar-refractivity contribution in [3.05, 3.63) is 65.9 Å². The number of benzene rings is 2. The molecule has 0 aliphatic heterocycles. The van der Waals surface area contributed by atoms with Crippen LogP contribution in [-0.2, 0) is 11.3 Å². The molecular weight excluding hydrogens is 394 g/mol. The van der Waals surface area contributed by atoms with E-state index in [0.29, 0.717) is 30.2 Å². The molecule has 2 N–H and O–H groups in total. The maximum atomic E-state index is 12.3. The van der Waals surface area contributed by atoms with Gasteiger partial charge in [-0.25, -0.2) is 4.79 Å². The van der Waals surface area contributed by atoms with Crippen LogP contribution in [0.5, 0.6) is 5.75 Å². The third-order valence-corrected chi connectivity index (χ3v) is 4.91. The van der Waals surface area contributed by atoms with E-state index in [1.165, 1.54) is 0 Å². The van der Waals surface area contributed by atoms with Crippen LogP contribution in [0.3, 0.4) is 0 Å². The van der Waals surface area contributed by atoms with Gasteiger partial charge in [0.25, 0.3) is 0 Å². The molecule has 1 unspecified atom stereocenters. The number of nitrogens with one attached hydrogen (secondary N) is 2. The predicted octanol–water partition coefficient (Wildman–Crippen LogP) is 4.24.